The number of aromatic nitrogens is 1. The van der Waals surface area contributed by atoms with Gasteiger partial charge in [0.2, 0.25) is 11.8 Å². The number of amides is 2. The molecule has 0 radical (unpaired) electrons. The Bertz CT molecular complexity index is 1080. The molecule has 0 spiro atoms. The third-order valence-corrected chi connectivity index (χ3v) is 7.57. The van der Waals surface area contributed by atoms with Gasteiger partial charge in [-0.1, -0.05) is 24.3 Å². The van der Waals surface area contributed by atoms with Gasteiger partial charge in [0, 0.05) is 16.8 Å². The highest BCUT2D eigenvalue weighted by atomic mass is 32.2. The summed E-state index contributed by atoms with van der Waals surface area (Å²) in [7, 11) is -3.35. The zero-order valence-corrected chi connectivity index (χ0v) is 18.5. The minimum atomic E-state index is -3.35. The number of nitrogens with one attached hydrogen (secondary N) is 2. The lowest BCUT2D eigenvalue weighted by Crippen LogP contribution is -2.27. The average molecular weight is 464 g/mol. The number of sulfone groups is 1. The van der Waals surface area contributed by atoms with Gasteiger partial charge in [-0.3, -0.25) is 9.59 Å². The maximum absolute atomic E-state index is 12.2. The van der Waals surface area contributed by atoms with E-state index >= 15 is 0 Å². The first-order chi connectivity index (χ1) is 14.4. The Morgan fingerprint density at radius 3 is 2.50 bits per heavy atom. The van der Waals surface area contributed by atoms with Crippen molar-refractivity contribution in [3.05, 3.63) is 63.8 Å². The van der Waals surface area contributed by atoms with Gasteiger partial charge in [0.25, 0.3) is 0 Å². The van der Waals surface area contributed by atoms with Crippen LogP contribution < -0.4 is 10.6 Å². The van der Waals surface area contributed by atoms with Crippen molar-refractivity contribution in [1.82, 2.24) is 10.3 Å². The van der Waals surface area contributed by atoms with Crippen molar-refractivity contribution >= 4 is 49.5 Å². The predicted octanol–water partition coefficient (Wildman–Crippen LogP) is 2.91. The largest absolute Gasteiger partial charge is 0.356 e. The molecule has 3 aromatic rings. The van der Waals surface area contributed by atoms with Crippen molar-refractivity contribution in [2.45, 2.75) is 24.2 Å². The second-order valence-electron chi connectivity index (χ2n) is 6.46. The van der Waals surface area contributed by atoms with E-state index in [1.54, 1.807) is 35.7 Å². The summed E-state index contributed by atoms with van der Waals surface area (Å²) >= 11 is 2.78. The minimum absolute atomic E-state index is 0.0333. The first-order valence-corrected chi connectivity index (χ1v) is 12.6. The van der Waals surface area contributed by atoms with Gasteiger partial charge in [-0.05, 0) is 30.0 Å². The summed E-state index contributed by atoms with van der Waals surface area (Å²) in [6.07, 6.45) is 0.686. The van der Waals surface area contributed by atoms with Crippen molar-refractivity contribution in [2.24, 2.45) is 0 Å². The fourth-order valence-corrected chi connectivity index (χ4v) is 5.40. The van der Waals surface area contributed by atoms with Crippen LogP contribution in [0.3, 0.4) is 0 Å². The van der Waals surface area contributed by atoms with Crippen LogP contribution in [0.1, 0.15) is 17.0 Å². The zero-order chi connectivity index (χ0) is 21.4. The van der Waals surface area contributed by atoms with Crippen molar-refractivity contribution in [3.8, 4) is 0 Å². The summed E-state index contributed by atoms with van der Waals surface area (Å²) < 4.78 is 24.4. The maximum Gasteiger partial charge on any atom is 0.231 e. The number of hydrogen-bond donors (Lipinski definition) is 2. The first-order valence-electron chi connectivity index (χ1n) is 9.23. The van der Waals surface area contributed by atoms with E-state index in [0.29, 0.717) is 23.7 Å². The van der Waals surface area contributed by atoms with Gasteiger partial charge in [0.05, 0.1) is 29.2 Å². The highest BCUT2D eigenvalue weighted by Gasteiger charge is 2.14. The molecule has 0 fully saturated rings. The highest BCUT2D eigenvalue weighted by Crippen LogP contribution is 2.17. The van der Waals surface area contributed by atoms with E-state index in [4.69, 9.17) is 0 Å². The van der Waals surface area contributed by atoms with Gasteiger partial charge >= 0.3 is 0 Å². The summed E-state index contributed by atoms with van der Waals surface area (Å²) in [5, 5.41) is 9.54. The van der Waals surface area contributed by atoms with Gasteiger partial charge in [-0.25, -0.2) is 13.4 Å². The SMILES string of the molecule is O=C(Cc1csc(NC(=O)Cc2cccs2)n1)NCCCS(=O)(=O)c1ccccc1. The summed E-state index contributed by atoms with van der Waals surface area (Å²) in [5.74, 6) is -0.426. The molecule has 0 atom stereocenters. The predicted molar refractivity (Wildman–Crippen MR) is 119 cm³/mol. The molecule has 2 N–H and O–H groups in total. The Morgan fingerprint density at radius 1 is 0.967 bits per heavy atom. The van der Waals surface area contributed by atoms with Crippen molar-refractivity contribution in [1.29, 1.82) is 0 Å². The number of thiazole rings is 1. The van der Waals surface area contributed by atoms with Gasteiger partial charge in [-0.15, -0.1) is 22.7 Å². The normalized spacial score (nSPS) is 11.2. The Kier molecular flexibility index (Phi) is 7.72. The van der Waals surface area contributed by atoms with E-state index < -0.39 is 9.84 Å². The van der Waals surface area contributed by atoms with Crippen molar-refractivity contribution in [2.75, 3.05) is 17.6 Å². The second-order valence-corrected chi connectivity index (χ2v) is 10.5. The number of anilines is 1. The van der Waals surface area contributed by atoms with Crippen LogP contribution >= 0.6 is 22.7 Å². The Balaban J connectivity index is 1.38. The molecule has 1 aromatic carbocycles. The molecule has 0 aliphatic rings. The molecular weight excluding hydrogens is 442 g/mol. The maximum atomic E-state index is 12.2. The highest BCUT2D eigenvalue weighted by molar-refractivity contribution is 7.91. The summed E-state index contributed by atoms with van der Waals surface area (Å²) in [5.41, 5.74) is 0.556. The Morgan fingerprint density at radius 2 is 1.77 bits per heavy atom. The molecular formula is C20H21N3O4S3. The fraction of sp³-hybridized carbons (Fsp3) is 0.250. The molecule has 3 rings (SSSR count). The van der Waals surface area contributed by atoms with Crippen LogP contribution in [-0.2, 0) is 32.3 Å². The number of benzene rings is 1. The molecule has 7 nitrogen and oxygen atoms in total. The Labute approximate surface area is 183 Å². The molecule has 0 unspecified atom stereocenters. The number of rotatable bonds is 10. The third kappa shape index (κ3) is 6.75. The smallest absolute Gasteiger partial charge is 0.231 e. The van der Waals surface area contributed by atoms with Crippen LogP contribution in [0.4, 0.5) is 5.13 Å². The Hall–Kier alpha value is -2.56. The molecule has 0 aliphatic carbocycles. The molecule has 2 heterocycles. The summed E-state index contributed by atoms with van der Waals surface area (Å²) in [6.45, 7) is 0.263. The molecule has 2 amide bonds. The molecule has 0 bridgehead atoms. The van der Waals surface area contributed by atoms with Crippen LogP contribution in [0.25, 0.3) is 0 Å². The lowest BCUT2D eigenvalue weighted by molar-refractivity contribution is -0.120. The van der Waals surface area contributed by atoms with Crippen molar-refractivity contribution < 1.29 is 18.0 Å². The number of thiophene rings is 1. The van der Waals surface area contributed by atoms with Crippen LogP contribution in [0.5, 0.6) is 0 Å². The molecule has 158 valence electrons. The second kappa shape index (κ2) is 10.5. The number of nitrogens with zero attached hydrogens (tertiary/aromatic N) is 1. The molecule has 0 saturated heterocycles. The van der Waals surface area contributed by atoms with Crippen molar-refractivity contribution in [3.63, 3.8) is 0 Å². The average Bonchev–Trinajstić information content (AvgIpc) is 3.38. The van der Waals surface area contributed by atoms with Gasteiger partial charge in [0.15, 0.2) is 15.0 Å². The van der Waals surface area contributed by atoms with Gasteiger partial charge in [-0.2, -0.15) is 0 Å². The molecule has 0 aliphatic heterocycles. The van der Waals surface area contributed by atoms with Gasteiger partial charge < -0.3 is 10.6 Å². The van der Waals surface area contributed by atoms with Crippen LogP contribution in [0.15, 0.2) is 58.1 Å². The van der Waals surface area contributed by atoms with Gasteiger partial charge in [0.1, 0.15) is 0 Å². The quantitative estimate of drug-likeness (QED) is 0.450. The molecule has 10 heteroatoms. The topological polar surface area (TPSA) is 105 Å². The van der Waals surface area contributed by atoms with E-state index in [0.717, 1.165) is 4.88 Å². The zero-order valence-electron chi connectivity index (χ0n) is 16.0. The molecule has 30 heavy (non-hydrogen) atoms. The monoisotopic (exact) mass is 463 g/mol. The van der Waals surface area contributed by atoms with E-state index in [2.05, 4.69) is 15.6 Å². The number of hydrogen-bond acceptors (Lipinski definition) is 7. The first kappa shape index (κ1) is 22.1. The van der Waals surface area contributed by atoms with Crippen LogP contribution in [0, 0.1) is 0 Å². The van der Waals surface area contributed by atoms with Crippen LogP contribution in [-0.4, -0.2) is 37.5 Å². The fourth-order valence-electron chi connectivity index (χ4n) is 2.64. The van der Waals surface area contributed by atoms with E-state index in [1.165, 1.54) is 22.7 Å². The standard InChI is InChI=1S/C20H21N3O4S3/c24-18(21-9-5-11-30(26,27)17-7-2-1-3-8-17)12-15-14-29-20(22-15)23-19(25)13-16-6-4-10-28-16/h1-4,6-8,10,14H,5,9,11-13H2,(H,21,24)(H,22,23,25). The van der Waals surface area contributed by atoms with E-state index in [-0.39, 0.29) is 35.4 Å². The summed E-state index contributed by atoms with van der Waals surface area (Å²) in [6, 6.07) is 12.0. The van der Waals surface area contributed by atoms with E-state index in [9.17, 15) is 18.0 Å². The van der Waals surface area contributed by atoms with Crippen LogP contribution in [0.2, 0.25) is 0 Å². The molecule has 0 saturated carbocycles. The minimum Gasteiger partial charge on any atom is -0.356 e. The third-order valence-electron chi connectivity index (χ3n) is 4.07. The number of carbonyl (C=O) groups excluding carboxylic acids is 2. The summed E-state index contributed by atoms with van der Waals surface area (Å²) in [4.78, 5) is 29.6. The number of carbonyl (C=O) groups is 2. The van der Waals surface area contributed by atoms with E-state index in [1.807, 2.05) is 17.5 Å². The molecule has 2 aromatic heterocycles. The lowest BCUT2D eigenvalue weighted by Gasteiger charge is -2.06. The lowest BCUT2D eigenvalue weighted by atomic mass is 10.3.